The minimum absolute atomic E-state index is 0.0166. The van der Waals surface area contributed by atoms with Crippen molar-refractivity contribution in [2.45, 2.75) is 32.2 Å². The first kappa shape index (κ1) is 15.0. The maximum atomic E-state index is 12.4. The number of rotatable bonds is 6. The molecule has 1 aromatic carbocycles. The van der Waals surface area contributed by atoms with E-state index >= 15 is 0 Å². The minimum Gasteiger partial charge on any atom is -0.481 e. The molecule has 108 valence electrons. The van der Waals surface area contributed by atoms with E-state index in [0.717, 1.165) is 22.9 Å². The highest BCUT2D eigenvalue weighted by molar-refractivity contribution is 9.10. The molecule has 1 atom stereocenters. The van der Waals surface area contributed by atoms with Gasteiger partial charge in [0.15, 0.2) is 0 Å². The van der Waals surface area contributed by atoms with E-state index in [-0.39, 0.29) is 11.9 Å². The van der Waals surface area contributed by atoms with Crippen molar-refractivity contribution >= 4 is 27.8 Å². The second kappa shape index (κ2) is 6.39. The Bertz CT molecular complexity index is 496. The average Bonchev–Trinajstić information content (AvgIpc) is 3.22. The highest BCUT2D eigenvalue weighted by Gasteiger charge is 2.34. The Morgan fingerprint density at radius 1 is 1.35 bits per heavy atom. The fourth-order valence-corrected chi connectivity index (χ4v) is 2.36. The molecule has 0 aliphatic heterocycles. The molecule has 1 aliphatic carbocycles. The number of amides is 1. The third kappa shape index (κ3) is 4.07. The zero-order valence-corrected chi connectivity index (χ0v) is 13.0. The molecule has 1 aromatic rings. The number of halogens is 1. The van der Waals surface area contributed by atoms with E-state index in [1.54, 1.807) is 11.8 Å². The third-order valence-corrected chi connectivity index (χ3v) is 4.00. The van der Waals surface area contributed by atoms with Crippen LogP contribution in [0.2, 0.25) is 0 Å². The number of benzene rings is 1. The molecular weight excluding hydrogens is 322 g/mol. The Morgan fingerprint density at radius 3 is 2.45 bits per heavy atom. The summed E-state index contributed by atoms with van der Waals surface area (Å²) in [4.78, 5) is 25.0. The number of carboxylic acid groups (broad SMARTS) is 1. The molecule has 0 aromatic heterocycles. The average molecular weight is 340 g/mol. The molecule has 20 heavy (non-hydrogen) atoms. The maximum absolute atomic E-state index is 12.4. The molecule has 0 heterocycles. The van der Waals surface area contributed by atoms with Crippen molar-refractivity contribution in [1.82, 2.24) is 4.90 Å². The van der Waals surface area contributed by atoms with Crippen molar-refractivity contribution in [2.75, 3.05) is 6.54 Å². The minimum atomic E-state index is -0.855. The highest BCUT2D eigenvalue weighted by atomic mass is 79.9. The predicted octanol–water partition coefficient (Wildman–Crippen LogP) is 2.70. The molecule has 1 N–H and O–H groups in total. The van der Waals surface area contributed by atoms with E-state index in [4.69, 9.17) is 5.11 Å². The zero-order valence-electron chi connectivity index (χ0n) is 11.4. The Hall–Kier alpha value is -1.36. The van der Waals surface area contributed by atoms with Crippen molar-refractivity contribution in [1.29, 1.82) is 0 Å². The molecule has 0 bridgehead atoms. The summed E-state index contributed by atoms with van der Waals surface area (Å²) in [5.74, 6) is -1.36. The zero-order chi connectivity index (χ0) is 14.7. The molecular formula is C15H18BrNO3. The van der Waals surface area contributed by atoms with Crippen LogP contribution in [-0.2, 0) is 16.0 Å². The molecule has 1 fully saturated rings. The first-order valence-electron chi connectivity index (χ1n) is 6.74. The van der Waals surface area contributed by atoms with Crippen LogP contribution in [0.15, 0.2) is 28.7 Å². The summed E-state index contributed by atoms with van der Waals surface area (Å²) in [6, 6.07) is 7.87. The lowest BCUT2D eigenvalue weighted by molar-refractivity contribution is -0.143. The lowest BCUT2D eigenvalue weighted by Gasteiger charge is -2.24. The van der Waals surface area contributed by atoms with E-state index in [0.29, 0.717) is 13.0 Å². The number of carbonyl (C=O) groups excluding carboxylic acids is 1. The molecule has 2 rings (SSSR count). The van der Waals surface area contributed by atoms with E-state index in [1.807, 2.05) is 24.3 Å². The lowest BCUT2D eigenvalue weighted by atomic mass is 10.1. The van der Waals surface area contributed by atoms with Crippen LogP contribution in [0.4, 0.5) is 0 Å². The van der Waals surface area contributed by atoms with Gasteiger partial charge in [0.2, 0.25) is 5.91 Å². The van der Waals surface area contributed by atoms with Gasteiger partial charge in [-0.25, -0.2) is 0 Å². The standard InChI is InChI=1S/C15H18BrNO3/c1-10(15(19)20)9-17(13-6-7-13)14(18)8-11-2-4-12(16)5-3-11/h2-5,10,13H,6-9H2,1H3,(H,19,20). The summed E-state index contributed by atoms with van der Waals surface area (Å²) in [5.41, 5.74) is 0.951. The molecule has 5 heteroatoms. The van der Waals surface area contributed by atoms with Crippen LogP contribution in [0, 0.1) is 5.92 Å². The largest absolute Gasteiger partial charge is 0.481 e. The van der Waals surface area contributed by atoms with Gasteiger partial charge in [0.25, 0.3) is 0 Å². The number of carbonyl (C=O) groups is 2. The first-order chi connectivity index (χ1) is 9.47. The SMILES string of the molecule is CC(CN(C(=O)Cc1ccc(Br)cc1)C1CC1)C(=O)O. The van der Waals surface area contributed by atoms with Crippen LogP contribution in [-0.4, -0.2) is 34.5 Å². The summed E-state index contributed by atoms with van der Waals surface area (Å²) in [6.07, 6.45) is 2.30. The lowest BCUT2D eigenvalue weighted by Crippen LogP contribution is -2.39. The van der Waals surface area contributed by atoms with Crippen LogP contribution in [0.5, 0.6) is 0 Å². The van der Waals surface area contributed by atoms with Gasteiger partial charge < -0.3 is 10.0 Å². The molecule has 1 amide bonds. The third-order valence-electron chi connectivity index (χ3n) is 3.47. The maximum Gasteiger partial charge on any atom is 0.308 e. The number of aliphatic carboxylic acids is 1. The van der Waals surface area contributed by atoms with Gasteiger partial charge in [0.05, 0.1) is 12.3 Å². The van der Waals surface area contributed by atoms with Gasteiger partial charge in [-0.05, 0) is 30.5 Å². The van der Waals surface area contributed by atoms with Crippen LogP contribution < -0.4 is 0 Å². The summed E-state index contributed by atoms with van der Waals surface area (Å²) >= 11 is 3.36. The normalized spacial score (nSPS) is 15.7. The van der Waals surface area contributed by atoms with E-state index in [1.165, 1.54) is 0 Å². The second-order valence-corrected chi connectivity index (χ2v) is 6.24. The highest BCUT2D eigenvalue weighted by Crippen LogP contribution is 2.28. The van der Waals surface area contributed by atoms with Crippen LogP contribution in [0.25, 0.3) is 0 Å². The van der Waals surface area contributed by atoms with Gasteiger partial charge >= 0.3 is 5.97 Å². The monoisotopic (exact) mass is 339 g/mol. The number of hydrogen-bond acceptors (Lipinski definition) is 2. The van der Waals surface area contributed by atoms with E-state index < -0.39 is 11.9 Å². The number of nitrogens with zero attached hydrogens (tertiary/aromatic N) is 1. The molecule has 4 nitrogen and oxygen atoms in total. The summed E-state index contributed by atoms with van der Waals surface area (Å²) in [7, 11) is 0. The van der Waals surface area contributed by atoms with Crippen LogP contribution in [0.3, 0.4) is 0 Å². The van der Waals surface area contributed by atoms with Gasteiger partial charge in [-0.3, -0.25) is 9.59 Å². The van der Waals surface area contributed by atoms with Gasteiger partial charge in [0.1, 0.15) is 0 Å². The fraction of sp³-hybridized carbons (Fsp3) is 0.467. The van der Waals surface area contributed by atoms with Crippen molar-refractivity contribution in [3.05, 3.63) is 34.3 Å². The Balaban J connectivity index is 2.00. The molecule has 0 radical (unpaired) electrons. The van der Waals surface area contributed by atoms with E-state index in [9.17, 15) is 9.59 Å². The van der Waals surface area contributed by atoms with Crippen molar-refractivity contribution < 1.29 is 14.7 Å². The number of hydrogen-bond donors (Lipinski definition) is 1. The molecule has 1 aliphatic rings. The Labute approximate surface area is 126 Å². The topological polar surface area (TPSA) is 57.6 Å². The van der Waals surface area contributed by atoms with Crippen molar-refractivity contribution in [2.24, 2.45) is 5.92 Å². The van der Waals surface area contributed by atoms with Crippen LogP contribution >= 0.6 is 15.9 Å². The Kier molecular flexibility index (Phi) is 4.81. The molecule has 0 spiro atoms. The van der Waals surface area contributed by atoms with Gasteiger partial charge in [-0.15, -0.1) is 0 Å². The first-order valence-corrected chi connectivity index (χ1v) is 7.53. The van der Waals surface area contributed by atoms with Gasteiger partial charge in [-0.2, -0.15) is 0 Å². The summed E-state index contributed by atoms with van der Waals surface area (Å²) in [5, 5.41) is 8.99. The fourth-order valence-electron chi connectivity index (χ4n) is 2.09. The number of carboxylic acids is 1. The second-order valence-electron chi connectivity index (χ2n) is 5.32. The quantitative estimate of drug-likeness (QED) is 0.866. The van der Waals surface area contributed by atoms with Crippen molar-refractivity contribution in [3.8, 4) is 0 Å². The summed E-state index contributed by atoms with van der Waals surface area (Å²) in [6.45, 7) is 1.94. The van der Waals surface area contributed by atoms with Crippen LogP contribution in [0.1, 0.15) is 25.3 Å². The smallest absolute Gasteiger partial charge is 0.308 e. The Morgan fingerprint density at radius 2 is 1.95 bits per heavy atom. The molecule has 1 unspecified atom stereocenters. The molecule has 0 saturated heterocycles. The molecule has 1 saturated carbocycles. The van der Waals surface area contributed by atoms with Crippen molar-refractivity contribution in [3.63, 3.8) is 0 Å². The van der Waals surface area contributed by atoms with E-state index in [2.05, 4.69) is 15.9 Å². The van der Waals surface area contributed by atoms with Gasteiger partial charge in [0, 0.05) is 17.1 Å². The van der Waals surface area contributed by atoms with Gasteiger partial charge in [-0.1, -0.05) is 35.0 Å². The predicted molar refractivity (Wildman–Crippen MR) is 79.4 cm³/mol. The summed E-state index contributed by atoms with van der Waals surface area (Å²) < 4.78 is 0.979.